The lowest BCUT2D eigenvalue weighted by atomic mass is 10.0. The number of rotatable bonds is 5. The first kappa shape index (κ1) is 19.3. The number of furan rings is 1. The molecule has 0 saturated heterocycles. The summed E-state index contributed by atoms with van der Waals surface area (Å²) in [7, 11) is 0. The number of nitrogens with one attached hydrogen (secondary N) is 1. The first-order valence-corrected chi connectivity index (χ1v) is 10.5. The highest BCUT2D eigenvalue weighted by atomic mass is 79.9. The van der Waals surface area contributed by atoms with E-state index in [1.165, 1.54) is 4.68 Å². The van der Waals surface area contributed by atoms with Gasteiger partial charge < -0.3 is 9.73 Å². The summed E-state index contributed by atoms with van der Waals surface area (Å²) in [4.78, 5) is 18.0. The van der Waals surface area contributed by atoms with Crippen LogP contribution in [-0.4, -0.2) is 20.7 Å². The van der Waals surface area contributed by atoms with Gasteiger partial charge in [-0.15, -0.1) is 5.10 Å². The van der Waals surface area contributed by atoms with Crippen LogP contribution in [0.15, 0.2) is 94.0 Å². The molecule has 2 aromatic heterocycles. The summed E-state index contributed by atoms with van der Waals surface area (Å²) in [6.07, 6.45) is 1.55. The van der Waals surface area contributed by atoms with Crippen molar-refractivity contribution in [3.63, 3.8) is 0 Å². The number of nitrogens with zero attached hydrogens (tertiary/aromatic N) is 3. The molecule has 7 heteroatoms. The molecule has 0 aliphatic rings. The third-order valence-electron chi connectivity index (χ3n) is 4.93. The highest BCUT2D eigenvalue weighted by molar-refractivity contribution is 9.10. The van der Waals surface area contributed by atoms with Crippen molar-refractivity contribution >= 4 is 38.6 Å². The van der Waals surface area contributed by atoms with E-state index in [1.807, 2.05) is 60.7 Å². The molecule has 0 atom stereocenters. The summed E-state index contributed by atoms with van der Waals surface area (Å²) in [5.41, 5.74) is 1.61. The minimum absolute atomic E-state index is 0.264. The lowest BCUT2D eigenvalue weighted by molar-refractivity contribution is 0.0949. The van der Waals surface area contributed by atoms with Gasteiger partial charge >= 0.3 is 0 Å². The van der Waals surface area contributed by atoms with Gasteiger partial charge in [-0.2, -0.15) is 9.67 Å². The maximum absolute atomic E-state index is 13.5. The molecule has 0 spiro atoms. The number of fused-ring (bicyclic) bond motifs is 1. The van der Waals surface area contributed by atoms with Gasteiger partial charge in [0.25, 0.3) is 5.91 Å². The zero-order valence-electron chi connectivity index (χ0n) is 16.3. The molecule has 0 aliphatic carbocycles. The lowest BCUT2D eigenvalue weighted by Crippen LogP contribution is -2.18. The van der Waals surface area contributed by atoms with E-state index in [-0.39, 0.29) is 5.91 Å². The normalized spacial score (nSPS) is 11.0. The van der Waals surface area contributed by atoms with Crippen molar-refractivity contribution in [2.75, 3.05) is 5.32 Å². The minimum Gasteiger partial charge on any atom is -0.461 e. The molecule has 0 amide bonds. The second-order valence-corrected chi connectivity index (χ2v) is 7.88. The van der Waals surface area contributed by atoms with E-state index in [9.17, 15) is 4.79 Å². The Balaban J connectivity index is 1.54. The Hall–Kier alpha value is -3.71. The predicted octanol–water partition coefficient (Wildman–Crippen LogP) is 5.75. The van der Waals surface area contributed by atoms with Gasteiger partial charge in [0, 0.05) is 16.6 Å². The van der Waals surface area contributed by atoms with Gasteiger partial charge in [0.05, 0.1) is 6.26 Å². The fourth-order valence-electron chi connectivity index (χ4n) is 3.39. The Morgan fingerprint density at radius 3 is 2.58 bits per heavy atom. The molecular weight excluding hydrogens is 456 g/mol. The lowest BCUT2D eigenvalue weighted by Gasteiger charge is -2.09. The summed E-state index contributed by atoms with van der Waals surface area (Å²) in [5.74, 6) is 0.931. The summed E-state index contributed by atoms with van der Waals surface area (Å²) in [6, 6.07) is 24.9. The summed E-state index contributed by atoms with van der Waals surface area (Å²) >= 11 is 3.44. The Morgan fingerprint density at radius 2 is 1.77 bits per heavy atom. The largest absolute Gasteiger partial charge is 0.461 e. The molecule has 1 N–H and O–H groups in total. The second-order valence-electron chi connectivity index (χ2n) is 6.96. The number of carbonyl (C=O) groups excluding carboxylic acids is 1. The standard InChI is InChI=1S/C24H17BrN4O2/c25-18-12-10-16(11-13-18)15-26-24-27-22(21-9-4-14-31-21)28-29(24)23(30)20-8-3-6-17-5-1-2-7-19(17)20/h1-14H,15H2,(H,26,27,28). The van der Waals surface area contributed by atoms with Gasteiger partial charge in [0.15, 0.2) is 5.76 Å². The fourth-order valence-corrected chi connectivity index (χ4v) is 3.65. The predicted molar refractivity (Wildman–Crippen MR) is 123 cm³/mol. The Morgan fingerprint density at radius 1 is 0.968 bits per heavy atom. The first-order chi connectivity index (χ1) is 15.2. The van der Waals surface area contributed by atoms with E-state index in [0.29, 0.717) is 29.6 Å². The quantitative estimate of drug-likeness (QED) is 0.352. The molecule has 2 heterocycles. The van der Waals surface area contributed by atoms with Gasteiger partial charge in [-0.1, -0.05) is 64.5 Å². The average Bonchev–Trinajstić information content (AvgIpc) is 3.48. The Bertz CT molecular complexity index is 1350. The van der Waals surface area contributed by atoms with Gasteiger partial charge in [-0.05, 0) is 46.7 Å². The third-order valence-corrected chi connectivity index (χ3v) is 5.45. The number of benzene rings is 3. The van der Waals surface area contributed by atoms with Crippen LogP contribution in [-0.2, 0) is 6.54 Å². The minimum atomic E-state index is -0.264. The van der Waals surface area contributed by atoms with E-state index in [0.717, 1.165) is 20.8 Å². The van der Waals surface area contributed by atoms with Crippen molar-refractivity contribution < 1.29 is 9.21 Å². The van der Waals surface area contributed by atoms with Gasteiger partial charge in [0.1, 0.15) is 0 Å². The van der Waals surface area contributed by atoms with E-state index in [2.05, 4.69) is 31.3 Å². The zero-order valence-corrected chi connectivity index (χ0v) is 17.9. The topological polar surface area (TPSA) is 73.0 Å². The summed E-state index contributed by atoms with van der Waals surface area (Å²) < 4.78 is 7.75. The monoisotopic (exact) mass is 472 g/mol. The molecule has 6 nitrogen and oxygen atoms in total. The van der Waals surface area contributed by atoms with Crippen molar-refractivity contribution in [2.24, 2.45) is 0 Å². The fraction of sp³-hybridized carbons (Fsp3) is 0.0417. The number of hydrogen-bond acceptors (Lipinski definition) is 5. The van der Waals surface area contributed by atoms with Crippen LogP contribution in [0.4, 0.5) is 5.95 Å². The third kappa shape index (κ3) is 3.87. The number of hydrogen-bond donors (Lipinski definition) is 1. The van der Waals surface area contributed by atoms with E-state index < -0.39 is 0 Å². The second kappa shape index (κ2) is 8.20. The van der Waals surface area contributed by atoms with Crippen LogP contribution in [0.1, 0.15) is 15.9 Å². The maximum Gasteiger partial charge on any atom is 0.282 e. The van der Waals surface area contributed by atoms with Crippen LogP contribution < -0.4 is 5.32 Å². The Labute approximate surface area is 186 Å². The maximum atomic E-state index is 13.5. The van der Waals surface area contributed by atoms with Gasteiger partial charge in [-0.3, -0.25) is 4.79 Å². The van der Waals surface area contributed by atoms with Crippen molar-refractivity contribution in [1.29, 1.82) is 0 Å². The summed E-state index contributed by atoms with van der Waals surface area (Å²) in [5, 5.41) is 9.55. The Kier molecular flexibility index (Phi) is 5.09. The van der Waals surface area contributed by atoms with Gasteiger partial charge in [-0.25, -0.2) is 0 Å². The van der Waals surface area contributed by atoms with Crippen LogP contribution in [0.5, 0.6) is 0 Å². The molecule has 5 rings (SSSR count). The van der Waals surface area contributed by atoms with Crippen molar-refractivity contribution in [3.05, 3.63) is 101 Å². The molecule has 31 heavy (non-hydrogen) atoms. The SMILES string of the molecule is O=C(c1cccc2ccccc12)n1nc(-c2ccco2)nc1NCc1ccc(Br)cc1. The van der Waals surface area contributed by atoms with Crippen LogP contribution in [0.3, 0.4) is 0 Å². The van der Waals surface area contributed by atoms with Crippen molar-refractivity contribution in [1.82, 2.24) is 14.8 Å². The molecule has 0 radical (unpaired) electrons. The highest BCUT2D eigenvalue weighted by Gasteiger charge is 2.21. The molecule has 5 aromatic rings. The highest BCUT2D eigenvalue weighted by Crippen LogP contribution is 2.23. The average molecular weight is 473 g/mol. The number of carbonyl (C=O) groups is 1. The summed E-state index contributed by atoms with van der Waals surface area (Å²) in [6.45, 7) is 0.492. The number of aromatic nitrogens is 3. The number of anilines is 1. The molecule has 0 unspecified atom stereocenters. The van der Waals surface area contributed by atoms with Crippen LogP contribution >= 0.6 is 15.9 Å². The van der Waals surface area contributed by atoms with Gasteiger partial charge in [0.2, 0.25) is 11.8 Å². The van der Waals surface area contributed by atoms with E-state index in [1.54, 1.807) is 24.5 Å². The number of halogens is 1. The van der Waals surface area contributed by atoms with E-state index >= 15 is 0 Å². The van der Waals surface area contributed by atoms with Crippen LogP contribution in [0, 0.1) is 0 Å². The van der Waals surface area contributed by atoms with Crippen molar-refractivity contribution in [2.45, 2.75) is 6.54 Å². The molecule has 152 valence electrons. The van der Waals surface area contributed by atoms with E-state index in [4.69, 9.17) is 4.42 Å². The molecule has 0 aliphatic heterocycles. The molecule has 0 saturated carbocycles. The first-order valence-electron chi connectivity index (χ1n) is 9.71. The molecule has 3 aromatic carbocycles. The molecule has 0 bridgehead atoms. The van der Waals surface area contributed by atoms with Crippen molar-refractivity contribution in [3.8, 4) is 11.6 Å². The van der Waals surface area contributed by atoms with Crippen LogP contribution in [0.2, 0.25) is 0 Å². The smallest absolute Gasteiger partial charge is 0.282 e. The molecule has 0 fully saturated rings. The van der Waals surface area contributed by atoms with Crippen LogP contribution in [0.25, 0.3) is 22.4 Å². The zero-order chi connectivity index (χ0) is 21.2. The molecular formula is C24H17BrN4O2.